The van der Waals surface area contributed by atoms with Gasteiger partial charge in [-0.2, -0.15) is 0 Å². The Bertz CT molecular complexity index is 546. The first-order chi connectivity index (χ1) is 9.83. The number of aromatic nitrogens is 1. The minimum Gasteiger partial charge on any atom is -0.324 e. The summed E-state index contributed by atoms with van der Waals surface area (Å²) >= 11 is 0. The van der Waals surface area contributed by atoms with E-state index in [1.807, 2.05) is 18.5 Å². The van der Waals surface area contributed by atoms with Crippen molar-refractivity contribution in [3.8, 4) is 0 Å². The molecule has 2 nitrogen and oxygen atoms in total. The predicted molar refractivity (Wildman–Crippen MR) is 82.5 cm³/mol. The molecule has 2 aromatic rings. The van der Waals surface area contributed by atoms with Crippen molar-refractivity contribution in [1.29, 1.82) is 0 Å². The summed E-state index contributed by atoms with van der Waals surface area (Å²) in [5, 5.41) is 0. The molecule has 1 aliphatic rings. The maximum absolute atomic E-state index is 6.35. The minimum atomic E-state index is 0.121. The van der Waals surface area contributed by atoms with Gasteiger partial charge < -0.3 is 5.73 Å². The van der Waals surface area contributed by atoms with Crippen molar-refractivity contribution < 1.29 is 0 Å². The second kappa shape index (κ2) is 6.19. The highest BCUT2D eigenvalue weighted by molar-refractivity contribution is 5.29. The summed E-state index contributed by atoms with van der Waals surface area (Å²) in [4.78, 5) is 4.15. The topological polar surface area (TPSA) is 38.9 Å². The smallest absolute Gasteiger partial charge is 0.0299 e. The summed E-state index contributed by atoms with van der Waals surface area (Å²) in [7, 11) is 0. The summed E-state index contributed by atoms with van der Waals surface area (Å²) in [6, 6.07) is 13.1. The molecule has 2 N–H and O–H groups in total. The molecule has 0 radical (unpaired) electrons. The van der Waals surface area contributed by atoms with E-state index in [0.717, 1.165) is 18.8 Å². The van der Waals surface area contributed by atoms with Crippen molar-refractivity contribution in [3.05, 3.63) is 65.5 Å². The lowest BCUT2D eigenvalue weighted by molar-refractivity contribution is 0.419. The number of hydrogen-bond acceptors (Lipinski definition) is 2. The average molecular weight is 266 g/mol. The monoisotopic (exact) mass is 266 g/mol. The second-order valence-electron chi connectivity index (χ2n) is 5.80. The molecule has 3 rings (SSSR count). The molecule has 1 fully saturated rings. The summed E-state index contributed by atoms with van der Waals surface area (Å²) < 4.78 is 0. The Morgan fingerprint density at radius 2 is 2.10 bits per heavy atom. The van der Waals surface area contributed by atoms with E-state index in [1.165, 1.54) is 36.0 Å². The van der Waals surface area contributed by atoms with Gasteiger partial charge in [-0.3, -0.25) is 4.98 Å². The summed E-state index contributed by atoms with van der Waals surface area (Å²) in [6.45, 7) is 0. The Morgan fingerprint density at radius 3 is 2.80 bits per heavy atom. The standard InChI is InChI=1S/C18H22N2/c19-18(10-9-14-4-3-11-20-13-14)17-8-2-7-16(12-17)15-5-1-6-15/h2-4,7-8,11-13,15,18H,1,5-6,9-10,19H2. The number of nitrogens with two attached hydrogens (primary N) is 1. The van der Waals surface area contributed by atoms with Gasteiger partial charge in [-0.15, -0.1) is 0 Å². The Hall–Kier alpha value is -1.67. The molecule has 104 valence electrons. The zero-order chi connectivity index (χ0) is 13.8. The van der Waals surface area contributed by atoms with Crippen molar-refractivity contribution in [3.63, 3.8) is 0 Å². The predicted octanol–water partition coefficient (Wildman–Crippen LogP) is 3.98. The van der Waals surface area contributed by atoms with Crippen LogP contribution in [0.5, 0.6) is 0 Å². The number of nitrogens with zero attached hydrogens (tertiary/aromatic N) is 1. The average Bonchev–Trinajstić information content (AvgIpc) is 2.44. The molecule has 2 heteroatoms. The van der Waals surface area contributed by atoms with Gasteiger partial charge in [0.25, 0.3) is 0 Å². The molecule has 1 unspecified atom stereocenters. The lowest BCUT2D eigenvalue weighted by Crippen LogP contribution is -2.13. The third-order valence-electron chi connectivity index (χ3n) is 4.38. The molecular formula is C18H22N2. The van der Waals surface area contributed by atoms with Crippen LogP contribution in [-0.2, 0) is 6.42 Å². The Labute approximate surface area is 121 Å². The van der Waals surface area contributed by atoms with Crippen molar-refractivity contribution in [2.45, 2.75) is 44.1 Å². The van der Waals surface area contributed by atoms with Crippen LogP contribution in [0.3, 0.4) is 0 Å². The number of pyridine rings is 1. The number of aryl methyl sites for hydroxylation is 1. The van der Waals surface area contributed by atoms with Gasteiger partial charge in [0.1, 0.15) is 0 Å². The molecule has 1 atom stereocenters. The zero-order valence-corrected chi connectivity index (χ0v) is 11.8. The highest BCUT2D eigenvalue weighted by Gasteiger charge is 2.20. The molecule has 0 amide bonds. The van der Waals surface area contributed by atoms with E-state index in [4.69, 9.17) is 5.73 Å². The lowest BCUT2D eigenvalue weighted by atomic mass is 9.79. The van der Waals surface area contributed by atoms with E-state index in [2.05, 4.69) is 35.3 Å². The van der Waals surface area contributed by atoms with E-state index < -0.39 is 0 Å². The quantitative estimate of drug-likeness (QED) is 0.889. The number of benzene rings is 1. The van der Waals surface area contributed by atoms with Crippen LogP contribution in [0.2, 0.25) is 0 Å². The Morgan fingerprint density at radius 1 is 1.20 bits per heavy atom. The molecule has 1 aliphatic carbocycles. The van der Waals surface area contributed by atoms with Gasteiger partial charge in [0, 0.05) is 18.4 Å². The summed E-state index contributed by atoms with van der Waals surface area (Å²) in [5.74, 6) is 0.778. The molecular weight excluding hydrogens is 244 g/mol. The number of hydrogen-bond donors (Lipinski definition) is 1. The van der Waals surface area contributed by atoms with Gasteiger partial charge in [0.05, 0.1) is 0 Å². The third kappa shape index (κ3) is 3.07. The SMILES string of the molecule is NC(CCc1cccnc1)c1cccc(C2CCC2)c1. The van der Waals surface area contributed by atoms with Crippen LogP contribution < -0.4 is 5.73 Å². The molecule has 20 heavy (non-hydrogen) atoms. The molecule has 0 saturated heterocycles. The van der Waals surface area contributed by atoms with Gasteiger partial charge in [-0.1, -0.05) is 36.8 Å². The molecule has 1 aromatic heterocycles. The fourth-order valence-corrected chi connectivity index (χ4v) is 2.82. The third-order valence-corrected chi connectivity index (χ3v) is 4.38. The van der Waals surface area contributed by atoms with Crippen molar-refractivity contribution in [1.82, 2.24) is 4.98 Å². The molecule has 0 aliphatic heterocycles. The van der Waals surface area contributed by atoms with Crippen molar-refractivity contribution in [2.24, 2.45) is 5.73 Å². The van der Waals surface area contributed by atoms with Crippen LogP contribution in [0, 0.1) is 0 Å². The normalized spacial score (nSPS) is 16.6. The van der Waals surface area contributed by atoms with E-state index in [0.29, 0.717) is 0 Å². The first-order valence-electron chi connectivity index (χ1n) is 7.57. The second-order valence-corrected chi connectivity index (χ2v) is 5.80. The van der Waals surface area contributed by atoms with E-state index >= 15 is 0 Å². The van der Waals surface area contributed by atoms with Crippen molar-refractivity contribution in [2.75, 3.05) is 0 Å². The number of rotatable bonds is 5. The maximum Gasteiger partial charge on any atom is 0.0299 e. The van der Waals surface area contributed by atoms with Crippen LogP contribution in [0.4, 0.5) is 0 Å². The van der Waals surface area contributed by atoms with E-state index in [9.17, 15) is 0 Å². The summed E-state index contributed by atoms with van der Waals surface area (Å²) in [6.07, 6.45) is 9.76. The van der Waals surface area contributed by atoms with Gasteiger partial charge in [-0.05, 0) is 54.4 Å². The van der Waals surface area contributed by atoms with Crippen molar-refractivity contribution >= 4 is 0 Å². The van der Waals surface area contributed by atoms with Crippen LogP contribution in [0.1, 0.15) is 54.3 Å². The van der Waals surface area contributed by atoms with Crippen LogP contribution in [0.15, 0.2) is 48.8 Å². The van der Waals surface area contributed by atoms with Crippen LogP contribution in [0.25, 0.3) is 0 Å². The first-order valence-corrected chi connectivity index (χ1v) is 7.57. The van der Waals surface area contributed by atoms with Gasteiger partial charge in [0.2, 0.25) is 0 Å². The fraction of sp³-hybridized carbons (Fsp3) is 0.389. The highest BCUT2D eigenvalue weighted by atomic mass is 14.6. The molecule has 0 bridgehead atoms. The van der Waals surface area contributed by atoms with E-state index in [-0.39, 0.29) is 6.04 Å². The molecule has 1 saturated carbocycles. The largest absolute Gasteiger partial charge is 0.324 e. The minimum absolute atomic E-state index is 0.121. The first kappa shape index (κ1) is 13.3. The van der Waals surface area contributed by atoms with Gasteiger partial charge in [0.15, 0.2) is 0 Å². The highest BCUT2D eigenvalue weighted by Crippen LogP contribution is 2.37. The Kier molecular flexibility index (Phi) is 4.12. The lowest BCUT2D eigenvalue weighted by Gasteiger charge is -2.26. The Balaban J connectivity index is 1.63. The summed E-state index contributed by atoms with van der Waals surface area (Å²) in [5.41, 5.74) is 10.4. The maximum atomic E-state index is 6.35. The van der Waals surface area contributed by atoms with Gasteiger partial charge in [-0.25, -0.2) is 0 Å². The zero-order valence-electron chi connectivity index (χ0n) is 11.8. The van der Waals surface area contributed by atoms with Crippen LogP contribution in [-0.4, -0.2) is 4.98 Å². The molecule has 1 aromatic carbocycles. The van der Waals surface area contributed by atoms with E-state index in [1.54, 1.807) is 0 Å². The molecule has 1 heterocycles. The fourth-order valence-electron chi connectivity index (χ4n) is 2.82. The van der Waals surface area contributed by atoms with Crippen LogP contribution >= 0.6 is 0 Å². The molecule has 0 spiro atoms. The van der Waals surface area contributed by atoms with Gasteiger partial charge >= 0.3 is 0 Å².